The van der Waals surface area contributed by atoms with Crippen molar-refractivity contribution in [2.24, 2.45) is 5.16 Å². The summed E-state index contributed by atoms with van der Waals surface area (Å²) in [5.74, 6) is 0.241. The second-order valence-electron chi connectivity index (χ2n) is 8.93. The molecule has 0 saturated carbocycles. The highest BCUT2D eigenvalue weighted by Crippen LogP contribution is 2.24. The molecular formula is C30H37N2O. The van der Waals surface area contributed by atoms with Gasteiger partial charge in [0.05, 0.1) is 5.71 Å². The van der Waals surface area contributed by atoms with Crippen molar-refractivity contribution in [1.82, 2.24) is 5.32 Å². The Morgan fingerprint density at radius 2 is 1.70 bits per heavy atom. The molecule has 0 fully saturated rings. The highest BCUT2D eigenvalue weighted by molar-refractivity contribution is 5.98. The van der Waals surface area contributed by atoms with Gasteiger partial charge in [0.15, 0.2) is 0 Å². The Morgan fingerprint density at radius 3 is 2.39 bits per heavy atom. The second-order valence-corrected chi connectivity index (χ2v) is 8.93. The summed E-state index contributed by atoms with van der Waals surface area (Å²) in [6.45, 7) is 14.7. The average Bonchev–Trinajstić information content (AvgIpc) is 2.81. The van der Waals surface area contributed by atoms with Crippen molar-refractivity contribution in [3.8, 4) is 0 Å². The second kappa shape index (κ2) is 12.4. The maximum absolute atomic E-state index is 5.91. The summed E-state index contributed by atoms with van der Waals surface area (Å²) in [4.78, 5) is 5.91. The van der Waals surface area contributed by atoms with Crippen LogP contribution in [0.3, 0.4) is 0 Å². The Hall–Kier alpha value is -2.91. The number of hydrogen-bond donors (Lipinski definition) is 1. The predicted molar refractivity (Wildman–Crippen MR) is 140 cm³/mol. The van der Waals surface area contributed by atoms with Gasteiger partial charge in [0, 0.05) is 12.5 Å². The zero-order valence-electron chi connectivity index (χ0n) is 20.5. The van der Waals surface area contributed by atoms with Crippen LogP contribution in [0.1, 0.15) is 58.2 Å². The van der Waals surface area contributed by atoms with Gasteiger partial charge < -0.3 is 10.2 Å². The van der Waals surface area contributed by atoms with Gasteiger partial charge in [0.1, 0.15) is 6.61 Å². The molecule has 1 N–H and O–H groups in total. The largest absolute Gasteiger partial charge is 0.395 e. The van der Waals surface area contributed by atoms with E-state index in [1.54, 1.807) is 0 Å². The monoisotopic (exact) mass is 441 g/mol. The molecule has 0 aliphatic carbocycles. The van der Waals surface area contributed by atoms with Gasteiger partial charge in [-0.05, 0) is 80.5 Å². The van der Waals surface area contributed by atoms with E-state index < -0.39 is 0 Å². The first-order valence-electron chi connectivity index (χ1n) is 11.8. The van der Waals surface area contributed by atoms with Gasteiger partial charge in [-0.1, -0.05) is 84.4 Å². The van der Waals surface area contributed by atoms with Gasteiger partial charge in [-0.3, -0.25) is 0 Å². The minimum Gasteiger partial charge on any atom is -0.395 e. The fourth-order valence-electron chi connectivity index (χ4n) is 3.91. The smallest absolute Gasteiger partial charge is 0.124 e. The zero-order valence-corrected chi connectivity index (χ0v) is 20.5. The molecule has 1 radical (unpaired) electrons. The Kier molecular flexibility index (Phi) is 9.26. The molecule has 1 atom stereocenters. The summed E-state index contributed by atoms with van der Waals surface area (Å²) < 4.78 is 0. The lowest BCUT2D eigenvalue weighted by molar-refractivity contribution is 0.128. The standard InChI is InChI=1S/C30H37N2O/c1-6-16-31-20-26-12-14-28(15-13-26)25(5)32-33-21-30(29-9-7-8-22(2)17-29)19-27-11-10-23(3)24(4)18-27/h7-15,17-18,30-31H,1,6,16,19-21H2,2-5H3/b32-25+. The maximum Gasteiger partial charge on any atom is 0.124 e. The third-order valence-corrected chi connectivity index (χ3v) is 6.10. The fourth-order valence-corrected chi connectivity index (χ4v) is 3.91. The van der Waals surface area contributed by atoms with E-state index in [2.05, 4.69) is 105 Å². The van der Waals surface area contributed by atoms with E-state index >= 15 is 0 Å². The lowest BCUT2D eigenvalue weighted by Crippen LogP contribution is -2.13. The average molecular weight is 442 g/mol. The predicted octanol–water partition coefficient (Wildman–Crippen LogP) is 6.69. The van der Waals surface area contributed by atoms with Crippen LogP contribution in [-0.2, 0) is 17.8 Å². The van der Waals surface area contributed by atoms with Gasteiger partial charge in [-0.2, -0.15) is 0 Å². The highest BCUT2D eigenvalue weighted by Gasteiger charge is 2.15. The Bertz CT molecular complexity index is 1050. The van der Waals surface area contributed by atoms with Crippen LogP contribution in [0.2, 0.25) is 0 Å². The number of nitrogens with one attached hydrogen (secondary N) is 1. The van der Waals surface area contributed by atoms with Gasteiger partial charge in [-0.25, -0.2) is 0 Å². The van der Waals surface area contributed by atoms with Gasteiger partial charge >= 0.3 is 0 Å². The number of aryl methyl sites for hydroxylation is 3. The summed E-state index contributed by atoms with van der Waals surface area (Å²) >= 11 is 0. The maximum atomic E-state index is 5.91. The molecule has 3 nitrogen and oxygen atoms in total. The van der Waals surface area contributed by atoms with Crippen LogP contribution in [-0.4, -0.2) is 18.9 Å². The highest BCUT2D eigenvalue weighted by atomic mass is 16.6. The Morgan fingerprint density at radius 1 is 0.939 bits per heavy atom. The molecule has 3 aromatic carbocycles. The molecule has 33 heavy (non-hydrogen) atoms. The summed E-state index contributed by atoms with van der Waals surface area (Å²) in [6, 6.07) is 23.9. The number of nitrogens with zero attached hydrogens (tertiary/aromatic N) is 1. The van der Waals surface area contributed by atoms with Crippen LogP contribution in [0.5, 0.6) is 0 Å². The van der Waals surface area contributed by atoms with Crippen LogP contribution >= 0.6 is 0 Å². The summed E-state index contributed by atoms with van der Waals surface area (Å²) in [5.41, 5.74) is 9.77. The molecule has 0 aromatic heterocycles. The lowest BCUT2D eigenvalue weighted by Gasteiger charge is -2.18. The van der Waals surface area contributed by atoms with Crippen molar-refractivity contribution < 1.29 is 4.84 Å². The van der Waals surface area contributed by atoms with E-state index in [1.165, 1.54) is 33.4 Å². The quantitative estimate of drug-likeness (QED) is 0.204. The third-order valence-electron chi connectivity index (χ3n) is 6.10. The Balaban J connectivity index is 1.68. The molecular weight excluding hydrogens is 404 g/mol. The first kappa shape index (κ1) is 24.7. The van der Waals surface area contributed by atoms with E-state index in [9.17, 15) is 0 Å². The van der Waals surface area contributed by atoms with Crippen molar-refractivity contribution >= 4 is 5.71 Å². The van der Waals surface area contributed by atoms with Gasteiger partial charge in [-0.15, -0.1) is 0 Å². The molecule has 173 valence electrons. The van der Waals surface area contributed by atoms with Crippen molar-refractivity contribution in [3.63, 3.8) is 0 Å². The zero-order chi connectivity index (χ0) is 23.6. The molecule has 0 aliphatic heterocycles. The van der Waals surface area contributed by atoms with E-state index in [0.717, 1.165) is 37.2 Å². The fraction of sp³-hybridized carbons (Fsp3) is 0.333. The molecule has 0 spiro atoms. The van der Waals surface area contributed by atoms with Gasteiger partial charge in [0.25, 0.3) is 0 Å². The van der Waals surface area contributed by atoms with Crippen molar-refractivity contribution in [2.75, 3.05) is 13.2 Å². The number of oxime groups is 1. The molecule has 0 bridgehead atoms. The summed E-state index contributed by atoms with van der Waals surface area (Å²) in [6.07, 6.45) is 1.82. The number of hydrogen-bond acceptors (Lipinski definition) is 3. The molecule has 1 unspecified atom stereocenters. The van der Waals surface area contributed by atoms with Crippen LogP contribution in [0.25, 0.3) is 0 Å². The molecule has 3 aromatic rings. The molecule has 0 heterocycles. The van der Waals surface area contributed by atoms with Crippen LogP contribution in [0, 0.1) is 27.7 Å². The van der Waals surface area contributed by atoms with E-state index in [1.807, 2.05) is 6.92 Å². The topological polar surface area (TPSA) is 33.6 Å². The molecule has 0 saturated heterocycles. The normalized spacial score (nSPS) is 12.6. The Labute approximate surface area is 199 Å². The number of benzene rings is 3. The van der Waals surface area contributed by atoms with E-state index in [-0.39, 0.29) is 5.92 Å². The SMILES string of the molecule is [CH2]CCNCc1ccc(/C(C)=N/OCC(Cc2ccc(C)c(C)c2)c2cccc(C)c2)cc1. The van der Waals surface area contributed by atoms with Crippen molar-refractivity contribution in [1.29, 1.82) is 0 Å². The summed E-state index contributed by atoms with van der Waals surface area (Å²) in [5, 5.41) is 7.83. The first-order valence-corrected chi connectivity index (χ1v) is 11.8. The molecule has 0 aliphatic rings. The molecule has 3 rings (SSSR count). The van der Waals surface area contributed by atoms with E-state index in [0.29, 0.717) is 6.61 Å². The third kappa shape index (κ3) is 7.57. The van der Waals surface area contributed by atoms with Crippen molar-refractivity contribution in [3.05, 3.63) is 113 Å². The summed E-state index contributed by atoms with van der Waals surface area (Å²) in [7, 11) is 0. The minimum absolute atomic E-state index is 0.241. The molecule has 0 amide bonds. The van der Waals surface area contributed by atoms with Crippen LogP contribution < -0.4 is 5.32 Å². The van der Waals surface area contributed by atoms with Crippen LogP contribution in [0.15, 0.2) is 71.9 Å². The van der Waals surface area contributed by atoms with Gasteiger partial charge in [0.2, 0.25) is 0 Å². The van der Waals surface area contributed by atoms with Crippen molar-refractivity contribution in [2.45, 2.75) is 53.0 Å². The number of rotatable bonds is 11. The van der Waals surface area contributed by atoms with E-state index in [4.69, 9.17) is 4.84 Å². The minimum atomic E-state index is 0.241. The lowest BCUT2D eigenvalue weighted by atomic mass is 9.90. The molecule has 3 heteroatoms. The van der Waals surface area contributed by atoms with Crippen LogP contribution in [0.4, 0.5) is 0 Å². The first-order chi connectivity index (χ1) is 16.0.